The lowest BCUT2D eigenvalue weighted by molar-refractivity contribution is 0.0560. The van der Waals surface area contributed by atoms with Crippen LogP contribution in [0.1, 0.15) is 43.0 Å². The highest BCUT2D eigenvalue weighted by atomic mass is 16.5. The van der Waals surface area contributed by atoms with E-state index in [0.717, 1.165) is 31.9 Å². The number of nitrogens with zero attached hydrogens (tertiary/aromatic N) is 1. The molecule has 1 aliphatic heterocycles. The van der Waals surface area contributed by atoms with E-state index in [1.165, 1.54) is 20.0 Å². The normalized spacial score (nSPS) is 18.6. The number of rotatable bonds is 7. The van der Waals surface area contributed by atoms with Crippen LogP contribution < -0.4 is 5.32 Å². The molecule has 0 amide bonds. The first-order valence-electron chi connectivity index (χ1n) is 7.71. The van der Waals surface area contributed by atoms with Crippen molar-refractivity contribution >= 4 is 5.97 Å². The van der Waals surface area contributed by atoms with Crippen LogP contribution in [0.2, 0.25) is 0 Å². The van der Waals surface area contributed by atoms with E-state index in [4.69, 9.17) is 4.42 Å². The summed E-state index contributed by atoms with van der Waals surface area (Å²) in [6.45, 7) is 8.33. The Morgan fingerprint density at radius 1 is 1.52 bits per heavy atom. The summed E-state index contributed by atoms with van der Waals surface area (Å²) in [6.07, 6.45) is 2.49. The maximum atomic E-state index is 11.4. The van der Waals surface area contributed by atoms with Crippen LogP contribution in [0.3, 0.4) is 0 Å². The van der Waals surface area contributed by atoms with Crippen molar-refractivity contribution in [2.45, 2.75) is 39.3 Å². The molecule has 5 nitrogen and oxygen atoms in total. The first-order valence-corrected chi connectivity index (χ1v) is 7.71. The van der Waals surface area contributed by atoms with Gasteiger partial charge in [0.25, 0.3) is 0 Å². The number of esters is 1. The predicted octanol–water partition coefficient (Wildman–Crippen LogP) is 2.28. The minimum atomic E-state index is -0.422. The van der Waals surface area contributed by atoms with E-state index in [-0.39, 0.29) is 5.76 Å². The molecule has 2 heterocycles. The molecule has 1 fully saturated rings. The number of hydrogen-bond acceptors (Lipinski definition) is 5. The number of ether oxygens (including phenoxy) is 1. The summed E-state index contributed by atoms with van der Waals surface area (Å²) in [5, 5.41) is 3.53. The molecule has 0 spiro atoms. The number of furan rings is 1. The Hall–Kier alpha value is -1.33. The first-order chi connectivity index (χ1) is 10.1. The van der Waals surface area contributed by atoms with Crippen molar-refractivity contribution in [2.75, 3.05) is 26.7 Å². The average molecular weight is 294 g/mol. The minimum absolute atomic E-state index is 0.274. The Labute approximate surface area is 126 Å². The van der Waals surface area contributed by atoms with E-state index in [1.807, 2.05) is 6.07 Å². The molecule has 1 N–H and O–H groups in total. The van der Waals surface area contributed by atoms with Crippen molar-refractivity contribution in [3.8, 4) is 0 Å². The molecule has 0 bridgehead atoms. The largest absolute Gasteiger partial charge is 0.463 e. The van der Waals surface area contributed by atoms with Gasteiger partial charge in [-0.1, -0.05) is 13.8 Å². The van der Waals surface area contributed by atoms with Crippen LogP contribution >= 0.6 is 0 Å². The van der Waals surface area contributed by atoms with Gasteiger partial charge in [0.15, 0.2) is 0 Å². The van der Waals surface area contributed by atoms with Crippen LogP contribution in [0.15, 0.2) is 16.5 Å². The number of hydrogen-bond donors (Lipinski definition) is 1. The monoisotopic (exact) mass is 294 g/mol. The molecule has 2 rings (SSSR count). The van der Waals surface area contributed by atoms with Crippen molar-refractivity contribution in [1.29, 1.82) is 0 Å². The second-order valence-corrected chi connectivity index (χ2v) is 6.14. The zero-order valence-electron chi connectivity index (χ0n) is 13.2. The smallest absolute Gasteiger partial charge is 0.373 e. The molecule has 1 atom stereocenters. The van der Waals surface area contributed by atoms with Crippen molar-refractivity contribution in [2.24, 2.45) is 5.92 Å². The standard InChI is InChI=1S/C16H26N2O3/c1-12(2)9-18(10-13-5-4-8-17-13)11-14-6-7-15(21-14)16(19)20-3/h6-7,12-13,17H,4-5,8-11H2,1-3H3. The van der Waals surface area contributed by atoms with Crippen molar-refractivity contribution in [3.05, 3.63) is 23.7 Å². The van der Waals surface area contributed by atoms with Crippen LogP contribution in [-0.4, -0.2) is 43.7 Å². The van der Waals surface area contributed by atoms with Crippen molar-refractivity contribution in [1.82, 2.24) is 10.2 Å². The Morgan fingerprint density at radius 2 is 2.33 bits per heavy atom. The van der Waals surface area contributed by atoms with Gasteiger partial charge in [-0.3, -0.25) is 4.90 Å². The van der Waals surface area contributed by atoms with Gasteiger partial charge in [-0.2, -0.15) is 0 Å². The van der Waals surface area contributed by atoms with Crippen LogP contribution in [0, 0.1) is 5.92 Å². The Balaban J connectivity index is 1.96. The van der Waals surface area contributed by atoms with Gasteiger partial charge in [0.05, 0.1) is 13.7 Å². The van der Waals surface area contributed by atoms with Crippen molar-refractivity contribution in [3.63, 3.8) is 0 Å². The molecule has 21 heavy (non-hydrogen) atoms. The Kier molecular flexibility index (Phi) is 5.82. The van der Waals surface area contributed by atoms with Gasteiger partial charge in [-0.25, -0.2) is 4.79 Å². The maximum Gasteiger partial charge on any atom is 0.373 e. The summed E-state index contributed by atoms with van der Waals surface area (Å²) >= 11 is 0. The molecule has 5 heteroatoms. The maximum absolute atomic E-state index is 11.4. The highest BCUT2D eigenvalue weighted by Crippen LogP contribution is 2.15. The number of nitrogens with one attached hydrogen (secondary N) is 1. The lowest BCUT2D eigenvalue weighted by atomic mass is 10.1. The molecular weight excluding hydrogens is 268 g/mol. The van der Waals surface area contributed by atoms with E-state index in [0.29, 0.717) is 12.0 Å². The molecule has 0 radical (unpaired) electrons. The molecule has 0 aromatic carbocycles. The molecule has 1 aromatic heterocycles. The third-order valence-electron chi connectivity index (χ3n) is 3.69. The first kappa shape index (κ1) is 16.0. The van der Waals surface area contributed by atoms with Gasteiger partial charge in [0, 0.05) is 19.1 Å². The Bertz CT molecular complexity index is 450. The molecule has 1 aromatic rings. The third kappa shape index (κ3) is 4.86. The predicted molar refractivity (Wildman–Crippen MR) is 81.2 cm³/mol. The summed E-state index contributed by atoms with van der Waals surface area (Å²) in [5.41, 5.74) is 0. The summed E-state index contributed by atoms with van der Waals surface area (Å²) < 4.78 is 10.2. The van der Waals surface area contributed by atoms with Gasteiger partial charge in [0.2, 0.25) is 5.76 Å². The fourth-order valence-corrected chi connectivity index (χ4v) is 2.84. The number of methoxy groups -OCH3 is 1. The third-order valence-corrected chi connectivity index (χ3v) is 3.69. The van der Waals surface area contributed by atoms with E-state index < -0.39 is 5.97 Å². The number of carbonyl (C=O) groups excluding carboxylic acids is 1. The summed E-state index contributed by atoms with van der Waals surface area (Å²) in [4.78, 5) is 13.8. The molecule has 1 saturated heterocycles. The number of carbonyl (C=O) groups is 1. The van der Waals surface area contributed by atoms with Gasteiger partial charge in [-0.05, 0) is 37.4 Å². The molecular formula is C16H26N2O3. The van der Waals surface area contributed by atoms with Gasteiger partial charge >= 0.3 is 5.97 Å². The average Bonchev–Trinajstić information content (AvgIpc) is 3.08. The second-order valence-electron chi connectivity index (χ2n) is 6.14. The molecule has 1 aliphatic rings. The van der Waals surface area contributed by atoms with E-state index in [2.05, 4.69) is 28.8 Å². The molecule has 1 unspecified atom stereocenters. The summed E-state index contributed by atoms with van der Waals surface area (Å²) in [7, 11) is 1.36. The van der Waals surface area contributed by atoms with Gasteiger partial charge in [-0.15, -0.1) is 0 Å². The van der Waals surface area contributed by atoms with Crippen LogP contribution in [-0.2, 0) is 11.3 Å². The van der Waals surface area contributed by atoms with Crippen molar-refractivity contribution < 1.29 is 13.9 Å². The van der Waals surface area contributed by atoms with Crippen LogP contribution in [0.25, 0.3) is 0 Å². The SMILES string of the molecule is COC(=O)c1ccc(CN(CC(C)C)CC2CCCN2)o1. The lowest BCUT2D eigenvalue weighted by Gasteiger charge is -2.26. The highest BCUT2D eigenvalue weighted by molar-refractivity contribution is 5.86. The van der Waals surface area contributed by atoms with Gasteiger partial charge in [0.1, 0.15) is 5.76 Å². The Morgan fingerprint density at radius 3 is 2.95 bits per heavy atom. The van der Waals surface area contributed by atoms with E-state index in [9.17, 15) is 4.79 Å². The zero-order chi connectivity index (χ0) is 15.2. The second kappa shape index (κ2) is 7.61. The fourth-order valence-electron chi connectivity index (χ4n) is 2.84. The minimum Gasteiger partial charge on any atom is -0.463 e. The van der Waals surface area contributed by atoms with Crippen LogP contribution in [0.4, 0.5) is 0 Å². The van der Waals surface area contributed by atoms with Crippen LogP contribution in [0.5, 0.6) is 0 Å². The highest BCUT2D eigenvalue weighted by Gasteiger charge is 2.20. The van der Waals surface area contributed by atoms with E-state index in [1.54, 1.807) is 6.07 Å². The topological polar surface area (TPSA) is 54.7 Å². The zero-order valence-corrected chi connectivity index (χ0v) is 13.2. The summed E-state index contributed by atoms with van der Waals surface area (Å²) in [6, 6.07) is 4.11. The molecule has 0 aliphatic carbocycles. The van der Waals surface area contributed by atoms with Gasteiger partial charge < -0.3 is 14.5 Å². The molecule has 118 valence electrons. The quantitative estimate of drug-likeness (QED) is 0.782. The summed E-state index contributed by atoms with van der Waals surface area (Å²) in [5.74, 6) is 1.26. The van der Waals surface area contributed by atoms with E-state index >= 15 is 0 Å². The fraction of sp³-hybridized carbons (Fsp3) is 0.688. The molecule has 0 saturated carbocycles. The lowest BCUT2D eigenvalue weighted by Crippen LogP contribution is -2.38.